The van der Waals surface area contributed by atoms with Gasteiger partial charge in [0.05, 0.1) is 21.6 Å². The minimum absolute atomic E-state index is 0.0848. The highest BCUT2D eigenvalue weighted by molar-refractivity contribution is 14.1. The van der Waals surface area contributed by atoms with Gasteiger partial charge in [0.15, 0.2) is 11.5 Å². The Hall–Kier alpha value is -2.56. The van der Waals surface area contributed by atoms with Gasteiger partial charge in [0.25, 0.3) is 11.1 Å². The molecule has 0 radical (unpaired) electrons. The van der Waals surface area contributed by atoms with Gasteiger partial charge in [0, 0.05) is 5.02 Å². The van der Waals surface area contributed by atoms with Crippen LogP contribution >= 0.6 is 46.0 Å². The fraction of sp³-hybridized carbons (Fsp3) is 0.154. The van der Waals surface area contributed by atoms with Crippen molar-refractivity contribution in [3.63, 3.8) is 0 Å². The second kappa shape index (κ2) is 11.5. The van der Waals surface area contributed by atoms with E-state index in [4.69, 9.17) is 21.1 Å². The quantitative estimate of drug-likeness (QED) is 0.195. The lowest BCUT2D eigenvalue weighted by molar-refractivity contribution is -0.123. The topological polar surface area (TPSA) is 55.8 Å². The second-order valence-electron chi connectivity index (χ2n) is 7.57. The van der Waals surface area contributed by atoms with Crippen LogP contribution in [0, 0.1) is 9.39 Å². The number of nitrogens with zero attached hydrogens (tertiary/aromatic N) is 1. The van der Waals surface area contributed by atoms with Gasteiger partial charge in [-0.25, -0.2) is 4.39 Å². The Morgan fingerprint density at radius 2 is 1.71 bits per heavy atom. The maximum atomic E-state index is 13.2. The van der Waals surface area contributed by atoms with E-state index < -0.39 is 0 Å². The minimum atomic E-state index is -0.389. The lowest BCUT2D eigenvalue weighted by atomic mass is 10.1. The predicted octanol–water partition coefficient (Wildman–Crippen LogP) is 7.30. The standard InChI is InChI=1S/C26H20ClFINO4S/c1-2-33-22-12-18(11-21(29)24(22)34-15-17-3-7-19(27)8-4-17)13-23-25(31)30(26(32)35-23)14-16-5-9-20(28)10-6-16/h3-13H,2,14-15H2,1H3/b23-13-. The fourth-order valence-corrected chi connectivity index (χ4v) is 5.12. The van der Waals surface area contributed by atoms with Crippen molar-refractivity contribution >= 4 is 63.2 Å². The number of carbonyl (C=O) groups excluding carboxylic acids is 2. The summed E-state index contributed by atoms with van der Waals surface area (Å²) >= 11 is 8.99. The lowest BCUT2D eigenvalue weighted by Gasteiger charge is -2.15. The Balaban J connectivity index is 1.54. The number of benzene rings is 3. The zero-order valence-corrected chi connectivity index (χ0v) is 22.3. The summed E-state index contributed by atoms with van der Waals surface area (Å²) in [6.45, 7) is 2.74. The first-order valence-electron chi connectivity index (χ1n) is 10.7. The molecular weight excluding hydrogens is 604 g/mol. The largest absolute Gasteiger partial charge is 0.490 e. The summed E-state index contributed by atoms with van der Waals surface area (Å²) in [6, 6.07) is 16.8. The molecule has 1 fully saturated rings. The number of ether oxygens (including phenoxy) is 2. The molecule has 0 bridgehead atoms. The molecule has 0 aliphatic carbocycles. The van der Waals surface area contributed by atoms with E-state index in [0.29, 0.717) is 45.8 Å². The molecule has 0 spiro atoms. The van der Waals surface area contributed by atoms with Gasteiger partial charge in [-0.05, 0) is 100 Å². The highest BCUT2D eigenvalue weighted by Gasteiger charge is 2.35. The molecule has 5 nitrogen and oxygen atoms in total. The number of hydrogen-bond donors (Lipinski definition) is 0. The van der Waals surface area contributed by atoms with Crippen LogP contribution in [0.15, 0.2) is 65.6 Å². The highest BCUT2D eigenvalue weighted by atomic mass is 127. The van der Waals surface area contributed by atoms with Crippen molar-refractivity contribution in [3.8, 4) is 11.5 Å². The summed E-state index contributed by atoms with van der Waals surface area (Å²) in [4.78, 5) is 26.9. The normalized spacial score (nSPS) is 14.6. The van der Waals surface area contributed by atoms with Gasteiger partial charge in [-0.3, -0.25) is 14.5 Å². The fourth-order valence-electron chi connectivity index (χ4n) is 3.37. The molecule has 1 aliphatic heterocycles. The maximum Gasteiger partial charge on any atom is 0.293 e. The molecule has 0 saturated carbocycles. The van der Waals surface area contributed by atoms with E-state index in [1.54, 1.807) is 36.4 Å². The average Bonchev–Trinajstić information content (AvgIpc) is 3.08. The van der Waals surface area contributed by atoms with Crippen LogP contribution < -0.4 is 9.47 Å². The van der Waals surface area contributed by atoms with E-state index >= 15 is 0 Å². The smallest absolute Gasteiger partial charge is 0.293 e. The number of hydrogen-bond acceptors (Lipinski definition) is 5. The van der Waals surface area contributed by atoms with Gasteiger partial charge in [-0.1, -0.05) is 35.9 Å². The zero-order valence-electron chi connectivity index (χ0n) is 18.6. The third-order valence-electron chi connectivity index (χ3n) is 5.05. The van der Waals surface area contributed by atoms with Crippen molar-refractivity contribution < 1.29 is 23.5 Å². The second-order valence-corrected chi connectivity index (χ2v) is 10.2. The molecule has 0 atom stereocenters. The van der Waals surface area contributed by atoms with E-state index in [2.05, 4.69) is 22.6 Å². The summed E-state index contributed by atoms with van der Waals surface area (Å²) < 4.78 is 25.8. The van der Waals surface area contributed by atoms with Crippen molar-refractivity contribution in [2.45, 2.75) is 20.1 Å². The lowest BCUT2D eigenvalue weighted by Crippen LogP contribution is -2.27. The number of imide groups is 1. The molecule has 9 heteroatoms. The first-order valence-corrected chi connectivity index (χ1v) is 12.9. The SMILES string of the molecule is CCOc1cc(/C=C2\SC(=O)N(Cc3ccc(F)cc3)C2=O)cc(I)c1OCc1ccc(Cl)cc1. The third kappa shape index (κ3) is 6.36. The monoisotopic (exact) mass is 623 g/mol. The van der Waals surface area contributed by atoms with Crippen LogP contribution in [-0.2, 0) is 17.9 Å². The molecular formula is C26H20ClFINO4S. The molecule has 1 aliphatic rings. The number of amides is 2. The van der Waals surface area contributed by atoms with E-state index in [0.717, 1.165) is 25.8 Å². The number of carbonyl (C=O) groups is 2. The van der Waals surface area contributed by atoms with E-state index in [-0.39, 0.29) is 23.5 Å². The van der Waals surface area contributed by atoms with Crippen molar-refractivity contribution in [2.24, 2.45) is 0 Å². The molecule has 0 unspecified atom stereocenters. The summed E-state index contributed by atoms with van der Waals surface area (Å²) in [7, 11) is 0. The van der Waals surface area contributed by atoms with Gasteiger partial charge in [0.2, 0.25) is 0 Å². The summed E-state index contributed by atoms with van der Waals surface area (Å²) in [5.74, 6) is 0.387. The van der Waals surface area contributed by atoms with Crippen molar-refractivity contribution in [1.82, 2.24) is 4.90 Å². The number of thioether (sulfide) groups is 1. The molecule has 0 aromatic heterocycles. The highest BCUT2D eigenvalue weighted by Crippen LogP contribution is 2.38. The van der Waals surface area contributed by atoms with Crippen LogP contribution in [0.4, 0.5) is 9.18 Å². The Morgan fingerprint density at radius 3 is 2.40 bits per heavy atom. The summed E-state index contributed by atoms with van der Waals surface area (Å²) in [5, 5.41) is 0.290. The van der Waals surface area contributed by atoms with Gasteiger partial charge in [-0.2, -0.15) is 0 Å². The summed E-state index contributed by atoms with van der Waals surface area (Å²) in [5.41, 5.74) is 2.35. The van der Waals surface area contributed by atoms with Crippen LogP contribution in [-0.4, -0.2) is 22.7 Å². The van der Waals surface area contributed by atoms with Crippen LogP contribution in [0.25, 0.3) is 6.08 Å². The minimum Gasteiger partial charge on any atom is -0.490 e. The molecule has 0 N–H and O–H groups in total. The average molecular weight is 624 g/mol. The molecule has 35 heavy (non-hydrogen) atoms. The molecule has 3 aromatic rings. The predicted molar refractivity (Wildman–Crippen MR) is 144 cm³/mol. The molecule has 1 saturated heterocycles. The molecule has 2 amide bonds. The van der Waals surface area contributed by atoms with Gasteiger partial charge >= 0.3 is 0 Å². The van der Waals surface area contributed by atoms with Crippen molar-refractivity contribution in [1.29, 1.82) is 0 Å². The molecule has 3 aromatic carbocycles. The zero-order chi connectivity index (χ0) is 24.9. The first kappa shape index (κ1) is 25.5. The Labute approximate surface area is 225 Å². The first-order chi connectivity index (χ1) is 16.8. The van der Waals surface area contributed by atoms with Gasteiger partial charge in [-0.15, -0.1) is 0 Å². The summed E-state index contributed by atoms with van der Waals surface area (Å²) in [6.07, 6.45) is 1.67. The van der Waals surface area contributed by atoms with E-state index in [1.165, 1.54) is 12.1 Å². The van der Waals surface area contributed by atoms with Gasteiger partial charge in [0.1, 0.15) is 12.4 Å². The van der Waals surface area contributed by atoms with E-state index in [9.17, 15) is 14.0 Å². The van der Waals surface area contributed by atoms with E-state index in [1.807, 2.05) is 25.1 Å². The Kier molecular flexibility index (Phi) is 8.35. The van der Waals surface area contributed by atoms with Gasteiger partial charge < -0.3 is 9.47 Å². The Bertz CT molecular complexity index is 1280. The van der Waals surface area contributed by atoms with Crippen LogP contribution in [0.5, 0.6) is 11.5 Å². The third-order valence-corrected chi connectivity index (χ3v) is 7.01. The number of rotatable bonds is 8. The molecule has 1 heterocycles. The Morgan fingerprint density at radius 1 is 1.03 bits per heavy atom. The van der Waals surface area contributed by atoms with Crippen molar-refractivity contribution in [3.05, 3.63) is 96.7 Å². The molecule has 4 rings (SSSR count). The van der Waals surface area contributed by atoms with Crippen molar-refractivity contribution in [2.75, 3.05) is 6.61 Å². The molecule has 180 valence electrons. The van der Waals surface area contributed by atoms with Crippen LogP contribution in [0.2, 0.25) is 5.02 Å². The maximum absolute atomic E-state index is 13.2. The van der Waals surface area contributed by atoms with Crippen LogP contribution in [0.1, 0.15) is 23.6 Å². The van der Waals surface area contributed by atoms with Crippen LogP contribution in [0.3, 0.4) is 0 Å². The number of halogens is 3.